The zero-order valence-electron chi connectivity index (χ0n) is 7.61. The summed E-state index contributed by atoms with van der Waals surface area (Å²) < 4.78 is 25.5. The third kappa shape index (κ3) is 4.10. The predicted molar refractivity (Wildman–Crippen MR) is 55.5 cm³/mol. The Morgan fingerprint density at radius 2 is 2.00 bits per heavy atom. The van der Waals surface area contributed by atoms with E-state index in [1.54, 1.807) is 0 Å². The van der Waals surface area contributed by atoms with Gasteiger partial charge in [-0.2, -0.15) is 8.42 Å². The first-order chi connectivity index (χ1) is 5.77. The fourth-order valence-corrected chi connectivity index (χ4v) is 1.07. The van der Waals surface area contributed by atoms with E-state index < -0.39 is 20.8 Å². The van der Waals surface area contributed by atoms with E-state index in [2.05, 4.69) is 10.8 Å². The van der Waals surface area contributed by atoms with Crippen molar-refractivity contribution >= 4 is 45.6 Å². The normalized spacial score (nSPS) is 11.4. The number of carbonyl (C=O) groups is 1. The zero-order valence-corrected chi connectivity index (χ0v) is 8.43. The Morgan fingerprint density at radius 1 is 1.57 bits per heavy atom. The third-order valence-electron chi connectivity index (χ3n) is 1.53. The van der Waals surface area contributed by atoms with Crippen LogP contribution in [0.5, 0.6) is 0 Å². The molecule has 0 aliphatic heterocycles. The molecule has 0 heterocycles. The van der Waals surface area contributed by atoms with Gasteiger partial charge >= 0.3 is 45.6 Å². The summed E-state index contributed by atoms with van der Waals surface area (Å²) in [4.78, 5) is 10.6. The molecular formula is C7H14NNaO4S. The van der Waals surface area contributed by atoms with Crippen molar-refractivity contribution < 1.29 is 17.4 Å². The minimum atomic E-state index is -3.97. The molecule has 0 radical (unpaired) electrons. The van der Waals surface area contributed by atoms with Gasteiger partial charge in [0.25, 0.3) is 0 Å². The van der Waals surface area contributed by atoms with Gasteiger partial charge < -0.3 is 9.92 Å². The molecule has 2 N–H and O–H groups in total. The summed E-state index contributed by atoms with van der Waals surface area (Å²) in [6.07, 6.45) is 0.782. The predicted octanol–water partition coefficient (Wildman–Crippen LogP) is -0.866. The number of hydrogen-bond donors (Lipinski definition) is 1. The quantitative estimate of drug-likeness (QED) is 0.386. The van der Waals surface area contributed by atoms with Crippen LogP contribution in [0.1, 0.15) is 13.8 Å². The molecule has 0 aliphatic carbocycles. The van der Waals surface area contributed by atoms with Gasteiger partial charge in [-0.15, -0.1) is 0 Å². The summed E-state index contributed by atoms with van der Waals surface area (Å²) in [6.45, 7) is 5.70. The van der Waals surface area contributed by atoms with Crippen molar-refractivity contribution in [1.29, 1.82) is 0 Å². The average Bonchev–Trinajstić information content (AvgIpc) is 2.03. The van der Waals surface area contributed by atoms with Gasteiger partial charge in [0.15, 0.2) is 0 Å². The summed E-state index contributed by atoms with van der Waals surface area (Å²) >= 11 is 0. The van der Waals surface area contributed by atoms with Crippen LogP contribution in [-0.2, 0) is 19.1 Å². The zero-order chi connectivity index (χ0) is 10.7. The van der Waals surface area contributed by atoms with Crippen LogP contribution in [0.25, 0.3) is 0 Å². The molecule has 0 atom stereocenters. The van der Waals surface area contributed by atoms with Crippen molar-refractivity contribution in [3.8, 4) is 0 Å². The molecule has 78 valence electrons. The van der Waals surface area contributed by atoms with Crippen molar-refractivity contribution in [2.24, 2.45) is 5.73 Å². The van der Waals surface area contributed by atoms with Crippen LogP contribution >= 0.6 is 0 Å². The molecule has 0 fully saturated rings. The van der Waals surface area contributed by atoms with E-state index >= 15 is 0 Å². The van der Waals surface area contributed by atoms with Crippen molar-refractivity contribution in [3.63, 3.8) is 0 Å². The Hall–Kier alpha value is 0.120. The summed E-state index contributed by atoms with van der Waals surface area (Å²) in [5, 5.41) is 0. The molecule has 0 saturated carbocycles. The Morgan fingerprint density at radius 3 is 2.29 bits per heavy atom. The van der Waals surface area contributed by atoms with Gasteiger partial charge in [0.2, 0.25) is 0 Å². The Bertz CT molecular complexity index is 310. The van der Waals surface area contributed by atoms with Crippen molar-refractivity contribution in [3.05, 3.63) is 12.7 Å². The molecule has 0 rings (SSSR count). The Kier molecular flexibility index (Phi) is 6.94. The van der Waals surface area contributed by atoms with Gasteiger partial charge in [-0.3, -0.25) is 0 Å². The maximum absolute atomic E-state index is 11.3. The molecule has 0 aromatic carbocycles. The van der Waals surface area contributed by atoms with Crippen molar-refractivity contribution in [2.45, 2.75) is 18.6 Å². The molecule has 0 unspecified atom stereocenters. The summed E-state index contributed by atoms with van der Waals surface area (Å²) in [6, 6.07) is 0. The van der Waals surface area contributed by atoms with Crippen LogP contribution in [0.15, 0.2) is 12.7 Å². The summed E-state index contributed by atoms with van der Waals surface area (Å²) in [7, 11) is -3.97. The van der Waals surface area contributed by atoms with Gasteiger partial charge in [-0.25, -0.2) is 4.79 Å². The van der Waals surface area contributed by atoms with Crippen molar-refractivity contribution in [2.75, 3.05) is 6.54 Å². The molecule has 0 spiro atoms. The summed E-state index contributed by atoms with van der Waals surface area (Å²) in [5.41, 5.74) is 5.21. The molecule has 7 heteroatoms. The van der Waals surface area contributed by atoms with E-state index in [0.717, 1.165) is 6.08 Å². The van der Waals surface area contributed by atoms with Gasteiger partial charge in [0, 0.05) is 12.6 Å². The summed E-state index contributed by atoms with van der Waals surface area (Å²) in [5.74, 6) is -0.999. The van der Waals surface area contributed by atoms with Crippen LogP contribution < -0.4 is 5.73 Å². The molecule has 0 saturated heterocycles. The van der Waals surface area contributed by atoms with Gasteiger partial charge in [-0.1, -0.05) is 6.58 Å². The van der Waals surface area contributed by atoms with E-state index in [-0.39, 0.29) is 36.1 Å². The molecule has 0 bridgehead atoms. The van der Waals surface area contributed by atoms with Crippen LogP contribution in [-0.4, -0.2) is 55.2 Å². The second-order valence-electron chi connectivity index (χ2n) is 3.02. The minimum absolute atomic E-state index is 0. The van der Waals surface area contributed by atoms with E-state index in [0.29, 0.717) is 0 Å². The van der Waals surface area contributed by atoms with Crippen LogP contribution in [0.2, 0.25) is 0 Å². The van der Waals surface area contributed by atoms with Crippen LogP contribution in [0.4, 0.5) is 0 Å². The van der Waals surface area contributed by atoms with Crippen LogP contribution in [0, 0.1) is 0 Å². The number of hydrogen-bond acceptors (Lipinski definition) is 5. The molecule has 14 heavy (non-hydrogen) atoms. The number of nitrogens with two attached hydrogens (primary N) is 1. The van der Waals surface area contributed by atoms with E-state index in [4.69, 9.17) is 5.73 Å². The molecule has 0 amide bonds. The Labute approximate surface area is 106 Å². The van der Waals surface area contributed by atoms with Crippen LogP contribution in [0.3, 0.4) is 0 Å². The first kappa shape index (κ1) is 16.5. The third-order valence-corrected chi connectivity index (χ3v) is 3.43. The van der Waals surface area contributed by atoms with E-state index in [1.807, 2.05) is 0 Å². The Balaban J connectivity index is 0. The fraction of sp³-hybridized carbons (Fsp3) is 0.571. The molecule has 5 nitrogen and oxygen atoms in total. The second-order valence-corrected chi connectivity index (χ2v) is 5.20. The van der Waals surface area contributed by atoms with Gasteiger partial charge in [0.1, 0.15) is 4.75 Å². The monoisotopic (exact) mass is 231 g/mol. The maximum atomic E-state index is 11.3. The molecular weight excluding hydrogens is 217 g/mol. The molecule has 0 aliphatic rings. The van der Waals surface area contributed by atoms with Crippen molar-refractivity contribution in [1.82, 2.24) is 0 Å². The number of rotatable bonds is 4. The average molecular weight is 231 g/mol. The SMILES string of the molecule is C=CC(=O)OS(=O)(=O)C(C)(C)CN.[NaH]. The van der Waals surface area contributed by atoms with Gasteiger partial charge in [-0.05, 0) is 13.8 Å². The topological polar surface area (TPSA) is 86.5 Å². The fourth-order valence-electron chi connectivity index (χ4n) is 0.357. The van der Waals surface area contributed by atoms with E-state index in [9.17, 15) is 13.2 Å². The second kappa shape index (κ2) is 5.87. The molecule has 0 aromatic heterocycles. The standard InChI is InChI=1S/C7H13NO4S.Na.H/c1-4-6(9)12-13(10,11)7(2,3)5-8;;/h4H,1,5,8H2,2-3H3;;. The molecule has 0 aromatic rings. The van der Waals surface area contributed by atoms with E-state index in [1.165, 1.54) is 13.8 Å². The van der Waals surface area contributed by atoms with Gasteiger partial charge in [0.05, 0.1) is 0 Å². The first-order valence-electron chi connectivity index (χ1n) is 3.57. The first-order valence-corrected chi connectivity index (χ1v) is 4.98. The number of carbonyl (C=O) groups excluding carboxylic acids is 1.